The molecule has 0 saturated carbocycles. The molecule has 0 aliphatic carbocycles. The Morgan fingerprint density at radius 2 is 1.30 bits per heavy atom. The summed E-state index contributed by atoms with van der Waals surface area (Å²) in [6.07, 6.45) is 0. The van der Waals surface area contributed by atoms with Crippen LogP contribution in [0.5, 0.6) is 0 Å². The summed E-state index contributed by atoms with van der Waals surface area (Å²) in [4.78, 5) is 15.9. The quantitative estimate of drug-likeness (QED) is 0.581. The molecule has 0 fully saturated rings. The molecule has 1 heterocycles. The van der Waals surface area contributed by atoms with Gasteiger partial charge in [-0.05, 0) is 48.5 Å². The summed E-state index contributed by atoms with van der Waals surface area (Å²) in [5, 5.41) is 0. The van der Waals surface area contributed by atoms with Crippen molar-refractivity contribution in [3.05, 3.63) is 78.4 Å². The summed E-state index contributed by atoms with van der Waals surface area (Å²) >= 11 is 1.77. The first-order valence-electron chi connectivity index (χ1n) is 7.30. The Morgan fingerprint density at radius 3 is 1.83 bits per heavy atom. The lowest BCUT2D eigenvalue weighted by Crippen LogP contribution is -2.15. The molecule has 3 nitrogen and oxygen atoms in total. The third-order valence-corrected chi connectivity index (χ3v) is 4.97. The van der Waals surface area contributed by atoms with Gasteiger partial charge in [0, 0.05) is 21.0 Å². The van der Waals surface area contributed by atoms with Crippen molar-refractivity contribution in [2.45, 2.75) is 9.79 Å². The van der Waals surface area contributed by atoms with E-state index in [2.05, 4.69) is 29.2 Å². The van der Waals surface area contributed by atoms with E-state index in [1.54, 1.807) is 23.9 Å². The Morgan fingerprint density at radius 1 is 0.783 bits per heavy atom. The molecule has 1 amide bonds. The molecule has 0 spiro atoms. The van der Waals surface area contributed by atoms with Crippen molar-refractivity contribution in [2.75, 3.05) is 4.90 Å². The topological polar surface area (TPSA) is 46.3 Å². The van der Waals surface area contributed by atoms with Crippen LogP contribution in [0.3, 0.4) is 0 Å². The molecule has 4 rings (SSSR count). The minimum absolute atomic E-state index is 0.411. The van der Waals surface area contributed by atoms with Gasteiger partial charge in [-0.3, -0.25) is 4.79 Å². The van der Waals surface area contributed by atoms with Crippen LogP contribution in [0, 0.1) is 0 Å². The molecule has 0 radical (unpaired) electrons. The third-order valence-electron chi connectivity index (χ3n) is 3.84. The summed E-state index contributed by atoms with van der Waals surface area (Å²) in [6, 6.07) is 24.1. The van der Waals surface area contributed by atoms with Gasteiger partial charge in [-0.25, -0.2) is 0 Å². The average molecular weight is 318 g/mol. The fraction of sp³-hybridized carbons (Fsp3) is 0. The second-order valence-electron chi connectivity index (χ2n) is 5.28. The number of anilines is 3. The second-order valence-corrected chi connectivity index (χ2v) is 6.37. The smallest absolute Gasteiger partial charge is 0.248 e. The van der Waals surface area contributed by atoms with Gasteiger partial charge in [0.1, 0.15) is 0 Å². The number of carbonyl (C=O) groups is 1. The summed E-state index contributed by atoms with van der Waals surface area (Å²) in [5.41, 5.74) is 9.15. The Bertz CT molecular complexity index is 844. The maximum absolute atomic E-state index is 11.3. The molecule has 3 aromatic rings. The van der Waals surface area contributed by atoms with Crippen molar-refractivity contribution >= 4 is 34.7 Å². The highest BCUT2D eigenvalue weighted by molar-refractivity contribution is 7.99. The van der Waals surface area contributed by atoms with Crippen LogP contribution in [0.1, 0.15) is 10.4 Å². The van der Waals surface area contributed by atoms with Gasteiger partial charge in [0.05, 0.1) is 11.4 Å². The highest BCUT2D eigenvalue weighted by atomic mass is 32.2. The zero-order valence-electron chi connectivity index (χ0n) is 12.3. The van der Waals surface area contributed by atoms with Gasteiger partial charge in [0.2, 0.25) is 5.91 Å². The van der Waals surface area contributed by atoms with Crippen molar-refractivity contribution in [1.82, 2.24) is 0 Å². The van der Waals surface area contributed by atoms with Crippen LogP contribution in [0.15, 0.2) is 82.6 Å². The zero-order chi connectivity index (χ0) is 15.8. The normalized spacial score (nSPS) is 12.4. The summed E-state index contributed by atoms with van der Waals surface area (Å²) in [6.45, 7) is 0. The molecule has 112 valence electrons. The summed E-state index contributed by atoms with van der Waals surface area (Å²) in [7, 11) is 0. The maximum atomic E-state index is 11.3. The number of para-hydroxylation sites is 2. The van der Waals surface area contributed by atoms with Crippen molar-refractivity contribution in [3.63, 3.8) is 0 Å². The monoisotopic (exact) mass is 318 g/mol. The predicted molar refractivity (Wildman–Crippen MR) is 93.8 cm³/mol. The van der Waals surface area contributed by atoms with E-state index in [0.717, 1.165) is 17.1 Å². The number of benzene rings is 3. The van der Waals surface area contributed by atoms with Gasteiger partial charge in [0.15, 0.2) is 0 Å². The van der Waals surface area contributed by atoms with Gasteiger partial charge < -0.3 is 10.6 Å². The Hall–Kier alpha value is -2.72. The average Bonchev–Trinajstić information content (AvgIpc) is 2.59. The summed E-state index contributed by atoms with van der Waals surface area (Å²) < 4.78 is 0. The predicted octanol–water partition coefficient (Wildman–Crippen LogP) is 4.72. The van der Waals surface area contributed by atoms with E-state index in [4.69, 9.17) is 5.73 Å². The van der Waals surface area contributed by atoms with E-state index >= 15 is 0 Å². The molecule has 0 atom stereocenters. The number of rotatable bonds is 2. The van der Waals surface area contributed by atoms with Crippen LogP contribution in [0.2, 0.25) is 0 Å². The minimum atomic E-state index is -0.411. The number of hydrogen-bond acceptors (Lipinski definition) is 3. The Balaban J connectivity index is 1.89. The number of amides is 1. The molecule has 4 heteroatoms. The maximum Gasteiger partial charge on any atom is 0.248 e. The molecule has 2 N–H and O–H groups in total. The van der Waals surface area contributed by atoms with Crippen LogP contribution in [-0.4, -0.2) is 5.91 Å². The highest BCUT2D eigenvalue weighted by Crippen LogP contribution is 2.50. The molecule has 0 aromatic heterocycles. The number of nitrogens with two attached hydrogens (primary N) is 1. The zero-order valence-corrected chi connectivity index (χ0v) is 13.1. The number of carbonyl (C=O) groups excluding carboxylic acids is 1. The van der Waals surface area contributed by atoms with E-state index in [0.29, 0.717) is 5.56 Å². The molecular weight excluding hydrogens is 304 g/mol. The van der Waals surface area contributed by atoms with Crippen LogP contribution < -0.4 is 10.6 Å². The molecule has 23 heavy (non-hydrogen) atoms. The second kappa shape index (κ2) is 5.48. The summed E-state index contributed by atoms with van der Waals surface area (Å²) in [5.74, 6) is -0.411. The van der Waals surface area contributed by atoms with E-state index in [1.165, 1.54) is 9.79 Å². The number of nitrogens with zero attached hydrogens (tertiary/aromatic N) is 1. The molecule has 0 saturated heterocycles. The SMILES string of the molecule is NC(=O)c1ccc(N2c3ccccc3Sc3ccccc32)cc1. The lowest BCUT2D eigenvalue weighted by molar-refractivity contribution is 0.100. The van der Waals surface area contributed by atoms with E-state index in [-0.39, 0.29) is 0 Å². The van der Waals surface area contributed by atoms with Gasteiger partial charge in [0.25, 0.3) is 0 Å². The Labute approximate surface area is 138 Å². The largest absolute Gasteiger partial charge is 0.366 e. The standard InChI is InChI=1S/C19H14N2OS/c20-19(22)13-9-11-14(12-10-13)21-15-5-1-3-7-17(15)23-18-8-4-2-6-16(18)21/h1-12H,(H2,20,22). The van der Waals surface area contributed by atoms with Crippen molar-refractivity contribution in [3.8, 4) is 0 Å². The lowest BCUT2D eigenvalue weighted by atomic mass is 10.1. The van der Waals surface area contributed by atoms with Gasteiger partial charge >= 0.3 is 0 Å². The lowest BCUT2D eigenvalue weighted by Gasteiger charge is -2.32. The number of primary amides is 1. The van der Waals surface area contributed by atoms with Crippen molar-refractivity contribution in [2.24, 2.45) is 5.73 Å². The molecule has 1 aliphatic rings. The number of fused-ring (bicyclic) bond motifs is 2. The molecule has 3 aromatic carbocycles. The molecule has 0 bridgehead atoms. The van der Waals surface area contributed by atoms with E-state index < -0.39 is 5.91 Å². The first-order chi connectivity index (χ1) is 11.2. The third kappa shape index (κ3) is 2.37. The van der Waals surface area contributed by atoms with Crippen LogP contribution in [-0.2, 0) is 0 Å². The van der Waals surface area contributed by atoms with E-state index in [9.17, 15) is 4.79 Å². The number of hydrogen-bond donors (Lipinski definition) is 1. The fourth-order valence-corrected chi connectivity index (χ4v) is 3.82. The first kappa shape index (κ1) is 13.9. The Kier molecular flexibility index (Phi) is 3.32. The first-order valence-corrected chi connectivity index (χ1v) is 8.11. The van der Waals surface area contributed by atoms with Crippen LogP contribution in [0.4, 0.5) is 17.1 Å². The van der Waals surface area contributed by atoms with Gasteiger partial charge in [-0.2, -0.15) is 0 Å². The van der Waals surface area contributed by atoms with Crippen LogP contribution in [0.25, 0.3) is 0 Å². The fourth-order valence-electron chi connectivity index (χ4n) is 2.76. The van der Waals surface area contributed by atoms with E-state index in [1.807, 2.05) is 36.4 Å². The molecule has 1 aliphatic heterocycles. The van der Waals surface area contributed by atoms with Crippen LogP contribution >= 0.6 is 11.8 Å². The van der Waals surface area contributed by atoms with Gasteiger partial charge in [-0.1, -0.05) is 36.0 Å². The molecular formula is C19H14N2OS. The molecule has 0 unspecified atom stereocenters. The van der Waals surface area contributed by atoms with Crippen molar-refractivity contribution < 1.29 is 4.79 Å². The van der Waals surface area contributed by atoms with Crippen molar-refractivity contribution in [1.29, 1.82) is 0 Å². The highest BCUT2D eigenvalue weighted by Gasteiger charge is 2.24. The minimum Gasteiger partial charge on any atom is -0.366 e. The van der Waals surface area contributed by atoms with Gasteiger partial charge in [-0.15, -0.1) is 0 Å².